The first-order chi connectivity index (χ1) is 8.80. The number of carbonyl (C=O) groups is 1. The van der Waals surface area contributed by atoms with Crippen LogP contribution in [0.3, 0.4) is 0 Å². The number of hydrogen-bond acceptors (Lipinski definition) is 2. The Kier molecular flexibility index (Phi) is 3.51. The highest BCUT2D eigenvalue weighted by molar-refractivity contribution is 6.53. The van der Waals surface area contributed by atoms with E-state index in [2.05, 4.69) is 11.4 Å². The molecule has 1 aliphatic rings. The fourth-order valence-electron chi connectivity index (χ4n) is 1.93. The highest BCUT2D eigenvalue weighted by Crippen LogP contribution is 2.63. The summed E-state index contributed by atoms with van der Waals surface area (Å²) in [5.41, 5.74) is 0.819. The number of halogens is 2. The summed E-state index contributed by atoms with van der Waals surface area (Å²) in [6, 6.07) is 9.01. The van der Waals surface area contributed by atoms with E-state index < -0.39 is 9.75 Å². The molecule has 3 nitrogen and oxygen atoms in total. The predicted octanol–water partition coefficient (Wildman–Crippen LogP) is 3.32. The average Bonchev–Trinajstić information content (AvgIpc) is 2.90. The van der Waals surface area contributed by atoms with Crippen LogP contribution in [-0.2, 0) is 4.79 Å². The van der Waals surface area contributed by atoms with Crippen molar-refractivity contribution >= 4 is 29.1 Å². The second kappa shape index (κ2) is 4.70. The van der Waals surface area contributed by atoms with Gasteiger partial charge in [-0.05, 0) is 38.0 Å². The lowest BCUT2D eigenvalue weighted by Crippen LogP contribution is -2.35. The monoisotopic (exact) mass is 296 g/mol. The number of nitrogens with zero attached hydrogens (tertiary/aromatic N) is 1. The molecule has 100 valence electrons. The number of benzene rings is 1. The normalized spacial score (nSPS) is 25.2. The van der Waals surface area contributed by atoms with Crippen LogP contribution in [-0.4, -0.2) is 10.2 Å². The molecule has 0 spiro atoms. The number of amides is 1. The minimum Gasteiger partial charge on any atom is -0.349 e. The Morgan fingerprint density at radius 3 is 2.37 bits per heavy atom. The highest BCUT2D eigenvalue weighted by atomic mass is 35.5. The largest absolute Gasteiger partial charge is 0.349 e. The maximum absolute atomic E-state index is 12.1. The summed E-state index contributed by atoms with van der Waals surface area (Å²) >= 11 is 12.0. The third kappa shape index (κ3) is 2.56. The molecule has 0 aliphatic heterocycles. The van der Waals surface area contributed by atoms with Gasteiger partial charge in [0.2, 0.25) is 5.91 Å². The van der Waals surface area contributed by atoms with E-state index in [1.54, 1.807) is 19.1 Å². The van der Waals surface area contributed by atoms with Crippen molar-refractivity contribution < 1.29 is 4.79 Å². The molecule has 1 aromatic rings. The lowest BCUT2D eigenvalue weighted by atomic mass is 10.0. The van der Waals surface area contributed by atoms with Crippen LogP contribution >= 0.6 is 23.2 Å². The Balaban J connectivity index is 2.03. The molecule has 2 rings (SSSR count). The van der Waals surface area contributed by atoms with Gasteiger partial charge in [0.25, 0.3) is 0 Å². The minimum absolute atomic E-state index is 0.144. The molecule has 1 saturated carbocycles. The average molecular weight is 297 g/mol. The van der Waals surface area contributed by atoms with Crippen LogP contribution in [0.2, 0.25) is 0 Å². The van der Waals surface area contributed by atoms with Crippen molar-refractivity contribution in [2.24, 2.45) is 5.41 Å². The van der Waals surface area contributed by atoms with Gasteiger partial charge in [-0.15, -0.1) is 23.2 Å². The molecule has 1 aromatic carbocycles. The first kappa shape index (κ1) is 14.2. The lowest BCUT2D eigenvalue weighted by molar-refractivity contribution is -0.126. The summed E-state index contributed by atoms with van der Waals surface area (Å²) in [6.45, 7) is 3.64. The summed E-state index contributed by atoms with van der Waals surface area (Å²) in [5, 5.41) is 11.6. The van der Waals surface area contributed by atoms with Gasteiger partial charge in [-0.25, -0.2) is 0 Å². The molecular formula is C14H14Cl2N2O. The first-order valence-electron chi connectivity index (χ1n) is 5.99. The highest BCUT2D eigenvalue weighted by Gasteiger charge is 2.67. The molecule has 1 aliphatic carbocycles. The minimum atomic E-state index is -0.957. The molecule has 2 unspecified atom stereocenters. The predicted molar refractivity (Wildman–Crippen MR) is 74.9 cm³/mol. The van der Waals surface area contributed by atoms with E-state index in [9.17, 15) is 4.79 Å². The van der Waals surface area contributed by atoms with E-state index in [1.807, 2.05) is 19.1 Å². The van der Waals surface area contributed by atoms with E-state index in [0.717, 1.165) is 5.56 Å². The lowest BCUT2D eigenvalue weighted by Gasteiger charge is -2.18. The number of nitrogens with one attached hydrogen (secondary N) is 1. The maximum Gasteiger partial charge on any atom is 0.229 e. The van der Waals surface area contributed by atoms with Crippen molar-refractivity contribution in [1.82, 2.24) is 5.32 Å². The molecule has 1 amide bonds. The van der Waals surface area contributed by atoms with Crippen molar-refractivity contribution in [1.29, 1.82) is 5.26 Å². The van der Waals surface area contributed by atoms with Crippen molar-refractivity contribution in [3.8, 4) is 6.07 Å². The van der Waals surface area contributed by atoms with Crippen LogP contribution in [0.4, 0.5) is 0 Å². The van der Waals surface area contributed by atoms with Gasteiger partial charge >= 0.3 is 0 Å². The number of nitriles is 1. The zero-order valence-corrected chi connectivity index (χ0v) is 12.2. The van der Waals surface area contributed by atoms with Crippen molar-refractivity contribution in [3.05, 3.63) is 35.4 Å². The van der Waals surface area contributed by atoms with E-state index in [-0.39, 0.29) is 11.9 Å². The first-order valence-corrected chi connectivity index (χ1v) is 6.74. The fourth-order valence-corrected chi connectivity index (χ4v) is 2.64. The van der Waals surface area contributed by atoms with Gasteiger partial charge < -0.3 is 5.32 Å². The Morgan fingerprint density at radius 1 is 1.42 bits per heavy atom. The Bertz CT molecular complexity index is 548. The van der Waals surface area contributed by atoms with Gasteiger partial charge in [0, 0.05) is 0 Å². The standard InChI is InChI=1S/C14H14Cl2N2O/c1-9(11-5-3-10(7-17)4-6-11)18-12(19)13(2)8-14(13,15)16/h3-6,9H,8H2,1-2H3,(H,18,19). The summed E-state index contributed by atoms with van der Waals surface area (Å²) in [5.74, 6) is -0.144. The third-order valence-electron chi connectivity index (χ3n) is 3.65. The van der Waals surface area contributed by atoms with Crippen LogP contribution in [0.1, 0.15) is 37.4 Å². The topological polar surface area (TPSA) is 52.9 Å². The van der Waals surface area contributed by atoms with E-state index in [4.69, 9.17) is 28.5 Å². The van der Waals surface area contributed by atoms with E-state index >= 15 is 0 Å². The number of rotatable bonds is 3. The molecule has 19 heavy (non-hydrogen) atoms. The molecule has 0 radical (unpaired) electrons. The Labute approximate surface area is 122 Å². The zero-order chi connectivity index (χ0) is 14.3. The van der Waals surface area contributed by atoms with Gasteiger partial charge in [0.15, 0.2) is 0 Å². The van der Waals surface area contributed by atoms with Gasteiger partial charge in [0.05, 0.1) is 23.1 Å². The Hall–Kier alpha value is -1.24. The molecule has 0 heterocycles. The molecular weight excluding hydrogens is 283 g/mol. The second-order valence-corrected chi connectivity index (χ2v) is 6.63. The molecule has 0 bridgehead atoms. The van der Waals surface area contributed by atoms with Gasteiger partial charge in [0.1, 0.15) is 4.33 Å². The summed E-state index contributed by atoms with van der Waals surface area (Å²) in [7, 11) is 0. The summed E-state index contributed by atoms with van der Waals surface area (Å²) in [6.07, 6.45) is 0.467. The number of carbonyl (C=O) groups excluding carboxylic acids is 1. The molecule has 0 aromatic heterocycles. The summed E-state index contributed by atoms with van der Waals surface area (Å²) in [4.78, 5) is 12.1. The second-order valence-electron chi connectivity index (χ2n) is 5.14. The van der Waals surface area contributed by atoms with E-state index in [0.29, 0.717) is 12.0 Å². The number of alkyl halides is 2. The zero-order valence-electron chi connectivity index (χ0n) is 10.7. The van der Waals surface area contributed by atoms with Crippen molar-refractivity contribution in [2.45, 2.75) is 30.6 Å². The van der Waals surface area contributed by atoms with Crippen LogP contribution in [0.25, 0.3) is 0 Å². The molecule has 1 N–H and O–H groups in total. The van der Waals surface area contributed by atoms with Crippen molar-refractivity contribution in [2.75, 3.05) is 0 Å². The molecule has 0 saturated heterocycles. The van der Waals surface area contributed by atoms with Crippen LogP contribution in [0.15, 0.2) is 24.3 Å². The van der Waals surface area contributed by atoms with Crippen molar-refractivity contribution in [3.63, 3.8) is 0 Å². The SMILES string of the molecule is CC(NC(=O)C1(C)CC1(Cl)Cl)c1ccc(C#N)cc1. The third-order valence-corrected chi connectivity index (χ3v) is 4.75. The molecule has 2 atom stereocenters. The van der Waals surface area contributed by atoms with Gasteiger partial charge in [-0.2, -0.15) is 5.26 Å². The van der Waals surface area contributed by atoms with Crippen LogP contribution in [0.5, 0.6) is 0 Å². The maximum atomic E-state index is 12.1. The smallest absolute Gasteiger partial charge is 0.229 e. The quantitative estimate of drug-likeness (QED) is 0.870. The summed E-state index contributed by atoms with van der Waals surface area (Å²) < 4.78 is -0.957. The number of hydrogen-bond donors (Lipinski definition) is 1. The van der Waals surface area contributed by atoms with Gasteiger partial charge in [-0.3, -0.25) is 4.79 Å². The van der Waals surface area contributed by atoms with E-state index in [1.165, 1.54) is 0 Å². The molecule has 5 heteroatoms. The fraction of sp³-hybridized carbons (Fsp3) is 0.429. The Morgan fingerprint density at radius 2 is 1.95 bits per heavy atom. The van der Waals surface area contributed by atoms with Crippen LogP contribution < -0.4 is 5.32 Å². The molecule has 1 fully saturated rings. The van der Waals surface area contributed by atoms with Gasteiger partial charge in [-0.1, -0.05) is 12.1 Å². The van der Waals surface area contributed by atoms with Crippen LogP contribution in [0, 0.1) is 16.7 Å².